The van der Waals surface area contributed by atoms with E-state index in [2.05, 4.69) is 40.5 Å². The van der Waals surface area contributed by atoms with Crippen molar-refractivity contribution in [3.05, 3.63) is 35.9 Å². The number of hydrogen-bond acceptors (Lipinski definition) is 3. The molecule has 0 bridgehead atoms. The molecular weight excluding hydrogens is 258 g/mol. The zero-order valence-electron chi connectivity index (χ0n) is 13.0. The Morgan fingerprint density at radius 1 is 1.00 bits per heavy atom. The van der Waals surface area contributed by atoms with E-state index in [9.17, 15) is 0 Å². The fourth-order valence-corrected chi connectivity index (χ4v) is 3.72. The Morgan fingerprint density at radius 3 is 2.52 bits per heavy atom. The van der Waals surface area contributed by atoms with Gasteiger partial charge in [0.1, 0.15) is 0 Å². The molecule has 1 saturated carbocycles. The second-order valence-electron chi connectivity index (χ2n) is 6.80. The molecule has 1 aliphatic heterocycles. The van der Waals surface area contributed by atoms with Crippen LogP contribution in [0, 0.1) is 0 Å². The van der Waals surface area contributed by atoms with Crippen molar-refractivity contribution in [2.24, 2.45) is 5.73 Å². The highest BCUT2D eigenvalue weighted by Crippen LogP contribution is 2.19. The van der Waals surface area contributed by atoms with Gasteiger partial charge in [-0.15, -0.1) is 0 Å². The zero-order valence-corrected chi connectivity index (χ0v) is 13.0. The van der Waals surface area contributed by atoms with Gasteiger partial charge < -0.3 is 16.0 Å². The van der Waals surface area contributed by atoms with Crippen molar-refractivity contribution in [2.75, 3.05) is 19.6 Å². The molecule has 0 spiro atoms. The van der Waals surface area contributed by atoms with Crippen LogP contribution in [0.2, 0.25) is 0 Å². The van der Waals surface area contributed by atoms with Gasteiger partial charge in [-0.25, -0.2) is 0 Å². The highest BCUT2D eigenvalue weighted by molar-refractivity contribution is 5.14. The molecule has 1 heterocycles. The van der Waals surface area contributed by atoms with E-state index < -0.39 is 0 Å². The molecule has 2 fully saturated rings. The first kappa shape index (κ1) is 15.0. The molecule has 3 rings (SSSR count). The van der Waals surface area contributed by atoms with Crippen LogP contribution in [0.15, 0.2) is 30.3 Å². The van der Waals surface area contributed by atoms with Gasteiger partial charge in [-0.3, -0.25) is 0 Å². The molecule has 1 aromatic carbocycles. The van der Waals surface area contributed by atoms with E-state index in [1.807, 2.05) is 0 Å². The fourth-order valence-electron chi connectivity index (χ4n) is 3.72. The third-order valence-corrected chi connectivity index (χ3v) is 5.08. The molecule has 3 heteroatoms. The van der Waals surface area contributed by atoms with Crippen LogP contribution in [-0.4, -0.2) is 42.7 Å². The van der Waals surface area contributed by atoms with Crippen LogP contribution in [0.3, 0.4) is 0 Å². The minimum atomic E-state index is 0.453. The average molecular weight is 287 g/mol. The lowest BCUT2D eigenvalue weighted by Crippen LogP contribution is -2.43. The SMILES string of the molecule is NC1CCC(NC2CCN(CCc3ccccc3)C2)CC1. The van der Waals surface area contributed by atoms with E-state index in [1.165, 1.54) is 63.7 Å². The number of benzene rings is 1. The van der Waals surface area contributed by atoms with Gasteiger partial charge in [0.05, 0.1) is 0 Å². The van der Waals surface area contributed by atoms with Gasteiger partial charge >= 0.3 is 0 Å². The van der Waals surface area contributed by atoms with E-state index in [4.69, 9.17) is 5.73 Å². The minimum Gasteiger partial charge on any atom is -0.328 e. The summed E-state index contributed by atoms with van der Waals surface area (Å²) in [5.41, 5.74) is 7.44. The number of nitrogens with zero attached hydrogens (tertiary/aromatic N) is 1. The predicted molar refractivity (Wildman–Crippen MR) is 88.4 cm³/mol. The van der Waals surface area contributed by atoms with Gasteiger partial charge in [-0.2, -0.15) is 0 Å². The van der Waals surface area contributed by atoms with Gasteiger partial charge in [-0.05, 0) is 50.6 Å². The van der Waals surface area contributed by atoms with Crippen molar-refractivity contribution in [3.63, 3.8) is 0 Å². The molecular formula is C18H29N3. The summed E-state index contributed by atoms with van der Waals surface area (Å²) >= 11 is 0. The first-order valence-corrected chi connectivity index (χ1v) is 8.57. The molecule has 1 aromatic rings. The van der Waals surface area contributed by atoms with Crippen LogP contribution in [0.1, 0.15) is 37.7 Å². The van der Waals surface area contributed by atoms with Crippen LogP contribution in [-0.2, 0) is 6.42 Å². The average Bonchev–Trinajstić information content (AvgIpc) is 2.96. The second-order valence-corrected chi connectivity index (χ2v) is 6.80. The van der Waals surface area contributed by atoms with Crippen LogP contribution < -0.4 is 11.1 Å². The number of nitrogens with one attached hydrogen (secondary N) is 1. The Balaban J connectivity index is 1.37. The van der Waals surface area contributed by atoms with Crippen molar-refractivity contribution >= 4 is 0 Å². The Labute approximate surface area is 128 Å². The van der Waals surface area contributed by atoms with E-state index in [-0.39, 0.29) is 0 Å². The summed E-state index contributed by atoms with van der Waals surface area (Å²) in [6, 6.07) is 12.7. The Bertz CT molecular complexity index is 412. The van der Waals surface area contributed by atoms with Crippen LogP contribution in [0.25, 0.3) is 0 Å². The fraction of sp³-hybridized carbons (Fsp3) is 0.667. The van der Waals surface area contributed by atoms with E-state index in [1.54, 1.807) is 0 Å². The van der Waals surface area contributed by atoms with Crippen molar-refractivity contribution in [1.29, 1.82) is 0 Å². The highest BCUT2D eigenvalue weighted by atomic mass is 15.2. The molecule has 0 amide bonds. The molecule has 1 unspecified atom stereocenters. The van der Waals surface area contributed by atoms with Gasteiger partial charge in [0.15, 0.2) is 0 Å². The van der Waals surface area contributed by atoms with Crippen LogP contribution in [0.5, 0.6) is 0 Å². The normalized spacial score (nSPS) is 30.6. The summed E-state index contributed by atoms with van der Waals surface area (Å²) < 4.78 is 0. The van der Waals surface area contributed by atoms with Crippen LogP contribution in [0.4, 0.5) is 0 Å². The summed E-state index contributed by atoms with van der Waals surface area (Å²) in [5.74, 6) is 0. The van der Waals surface area contributed by atoms with Crippen molar-refractivity contribution in [1.82, 2.24) is 10.2 Å². The Kier molecular flexibility index (Phi) is 5.28. The maximum absolute atomic E-state index is 5.99. The molecule has 116 valence electrons. The third kappa shape index (κ3) is 4.53. The standard InChI is InChI=1S/C18H29N3/c19-16-6-8-17(9-7-16)20-18-11-13-21(14-18)12-10-15-4-2-1-3-5-15/h1-5,16-18,20H,6-14,19H2. The minimum absolute atomic E-state index is 0.453. The van der Waals surface area contributed by atoms with Crippen LogP contribution >= 0.6 is 0 Å². The lowest BCUT2D eigenvalue weighted by molar-refractivity contribution is 0.295. The molecule has 21 heavy (non-hydrogen) atoms. The van der Waals surface area contributed by atoms with Gasteiger partial charge in [0.25, 0.3) is 0 Å². The monoisotopic (exact) mass is 287 g/mol. The molecule has 1 aliphatic carbocycles. The summed E-state index contributed by atoms with van der Waals surface area (Å²) in [7, 11) is 0. The lowest BCUT2D eigenvalue weighted by atomic mass is 9.91. The lowest BCUT2D eigenvalue weighted by Gasteiger charge is -2.29. The molecule has 0 aromatic heterocycles. The Morgan fingerprint density at radius 2 is 1.76 bits per heavy atom. The molecule has 1 atom stereocenters. The summed E-state index contributed by atoms with van der Waals surface area (Å²) in [6.07, 6.45) is 7.40. The van der Waals surface area contributed by atoms with Gasteiger partial charge in [-0.1, -0.05) is 30.3 Å². The van der Waals surface area contributed by atoms with E-state index >= 15 is 0 Å². The number of rotatable bonds is 5. The quantitative estimate of drug-likeness (QED) is 0.872. The predicted octanol–water partition coefficient (Wildman–Crippen LogP) is 2.16. The largest absolute Gasteiger partial charge is 0.328 e. The summed E-state index contributed by atoms with van der Waals surface area (Å²) in [4.78, 5) is 2.61. The van der Waals surface area contributed by atoms with E-state index in [0.717, 1.165) is 0 Å². The topological polar surface area (TPSA) is 41.3 Å². The van der Waals surface area contributed by atoms with Crippen molar-refractivity contribution in [2.45, 2.75) is 56.7 Å². The smallest absolute Gasteiger partial charge is 0.0209 e. The molecule has 0 radical (unpaired) electrons. The van der Waals surface area contributed by atoms with Crippen molar-refractivity contribution in [3.8, 4) is 0 Å². The molecule has 2 aliphatic rings. The summed E-state index contributed by atoms with van der Waals surface area (Å²) in [5, 5.41) is 3.87. The number of nitrogens with two attached hydrogens (primary N) is 1. The van der Waals surface area contributed by atoms with Gasteiger partial charge in [0.2, 0.25) is 0 Å². The number of hydrogen-bond donors (Lipinski definition) is 2. The highest BCUT2D eigenvalue weighted by Gasteiger charge is 2.26. The summed E-state index contributed by atoms with van der Waals surface area (Å²) in [6.45, 7) is 3.66. The molecule has 3 nitrogen and oxygen atoms in total. The third-order valence-electron chi connectivity index (χ3n) is 5.08. The second kappa shape index (κ2) is 7.39. The molecule has 3 N–H and O–H groups in total. The number of likely N-dealkylation sites (tertiary alicyclic amines) is 1. The van der Waals surface area contributed by atoms with Crippen molar-refractivity contribution < 1.29 is 0 Å². The maximum Gasteiger partial charge on any atom is 0.0209 e. The first-order chi connectivity index (χ1) is 10.3. The Hall–Kier alpha value is -0.900. The van der Waals surface area contributed by atoms with Gasteiger partial charge in [0, 0.05) is 31.2 Å². The zero-order chi connectivity index (χ0) is 14.5. The maximum atomic E-state index is 5.99. The van der Waals surface area contributed by atoms with E-state index in [0.29, 0.717) is 18.1 Å². The molecule has 1 saturated heterocycles. The first-order valence-electron chi connectivity index (χ1n) is 8.57.